The van der Waals surface area contributed by atoms with Gasteiger partial charge >= 0.3 is 6.03 Å². The summed E-state index contributed by atoms with van der Waals surface area (Å²) in [6.45, 7) is 10.8. The second kappa shape index (κ2) is 11.0. The van der Waals surface area contributed by atoms with E-state index in [4.69, 9.17) is 10.5 Å². The highest BCUT2D eigenvalue weighted by Crippen LogP contribution is 2.22. The Balaban J connectivity index is 1.28. The number of aromatic nitrogens is 2. The van der Waals surface area contributed by atoms with E-state index in [2.05, 4.69) is 50.3 Å². The lowest BCUT2D eigenvalue weighted by molar-refractivity contribution is 0.132. The lowest BCUT2D eigenvalue weighted by Crippen LogP contribution is -2.45. The van der Waals surface area contributed by atoms with Gasteiger partial charge in [-0.25, -0.2) is 9.78 Å². The average Bonchev–Trinajstić information content (AvgIpc) is 2.82. The summed E-state index contributed by atoms with van der Waals surface area (Å²) in [4.78, 5) is 25.3. The number of likely N-dealkylation sites (N-methyl/N-ethyl adjacent to an activating group) is 1. The molecule has 0 aliphatic carbocycles. The predicted molar refractivity (Wildman–Crippen MR) is 134 cm³/mol. The molecule has 1 fully saturated rings. The van der Waals surface area contributed by atoms with E-state index in [-0.39, 0.29) is 12.0 Å². The molecule has 1 saturated heterocycles. The van der Waals surface area contributed by atoms with E-state index >= 15 is 0 Å². The zero-order chi connectivity index (χ0) is 23.9. The fourth-order valence-electron chi connectivity index (χ4n) is 3.89. The summed E-state index contributed by atoms with van der Waals surface area (Å²) in [6.07, 6.45) is 1.53. The van der Waals surface area contributed by atoms with Gasteiger partial charge in [-0.1, -0.05) is 13.0 Å². The largest absolute Gasteiger partial charge is 0.439 e. The molecule has 1 aliphatic rings. The number of carbonyl (C=O) groups is 1. The van der Waals surface area contributed by atoms with E-state index in [9.17, 15) is 4.79 Å². The number of anilines is 3. The first-order valence-electron chi connectivity index (χ1n) is 11.5. The molecular formula is C25H31N7O2. The number of hydrogen-bond acceptors (Lipinski definition) is 7. The summed E-state index contributed by atoms with van der Waals surface area (Å²) in [6, 6.07) is 14.4. The topological polar surface area (TPSA) is 109 Å². The first-order valence-corrected chi connectivity index (χ1v) is 11.5. The molecule has 1 aliphatic heterocycles. The number of aryl methyl sites for hydroxylation is 1. The smallest absolute Gasteiger partial charge is 0.323 e. The maximum atomic E-state index is 12.5. The number of benzene rings is 2. The number of ether oxygens (including phenoxy) is 1. The van der Waals surface area contributed by atoms with Crippen LogP contribution in [0.15, 0.2) is 54.7 Å². The summed E-state index contributed by atoms with van der Waals surface area (Å²) in [5.74, 6) is 1.07. The Kier molecular flexibility index (Phi) is 7.56. The number of amides is 2. The van der Waals surface area contributed by atoms with Crippen LogP contribution in [0.25, 0.3) is 0 Å². The summed E-state index contributed by atoms with van der Waals surface area (Å²) in [5, 5.41) is 5.74. The molecule has 0 spiro atoms. The molecule has 2 amide bonds. The molecule has 9 nitrogen and oxygen atoms in total. The van der Waals surface area contributed by atoms with Crippen molar-refractivity contribution in [3.05, 3.63) is 65.9 Å². The normalized spacial score (nSPS) is 14.5. The number of hydrogen-bond donors (Lipinski definition) is 3. The summed E-state index contributed by atoms with van der Waals surface area (Å²) in [5.41, 5.74) is 9.43. The Morgan fingerprint density at radius 1 is 1.00 bits per heavy atom. The van der Waals surface area contributed by atoms with Gasteiger partial charge in [-0.3, -0.25) is 4.90 Å². The van der Waals surface area contributed by atoms with Crippen molar-refractivity contribution < 1.29 is 9.53 Å². The molecule has 1 aromatic heterocycles. The molecule has 0 saturated carbocycles. The molecule has 3 aromatic rings. The molecule has 0 radical (unpaired) electrons. The zero-order valence-electron chi connectivity index (χ0n) is 19.6. The van der Waals surface area contributed by atoms with Crippen LogP contribution in [-0.4, -0.2) is 58.5 Å². The van der Waals surface area contributed by atoms with Crippen molar-refractivity contribution in [3.63, 3.8) is 0 Å². The SMILES string of the molecule is CCN1CCN(Cc2ccc(NC(=O)Nc3ccc(Oc4ccnc(N)n4)cc3)cc2C)CC1. The highest BCUT2D eigenvalue weighted by atomic mass is 16.5. The molecule has 34 heavy (non-hydrogen) atoms. The molecule has 9 heteroatoms. The summed E-state index contributed by atoms with van der Waals surface area (Å²) in [7, 11) is 0. The zero-order valence-corrected chi connectivity index (χ0v) is 19.6. The second-order valence-electron chi connectivity index (χ2n) is 8.31. The third-order valence-electron chi connectivity index (χ3n) is 5.89. The van der Waals surface area contributed by atoms with Crippen LogP contribution >= 0.6 is 0 Å². The molecular weight excluding hydrogens is 430 g/mol. The van der Waals surface area contributed by atoms with Crippen LogP contribution in [0, 0.1) is 6.92 Å². The number of urea groups is 1. The maximum absolute atomic E-state index is 12.5. The van der Waals surface area contributed by atoms with Crippen molar-refractivity contribution in [2.75, 3.05) is 49.1 Å². The molecule has 0 atom stereocenters. The number of rotatable bonds is 7. The number of nitrogens with one attached hydrogen (secondary N) is 2. The molecule has 4 N–H and O–H groups in total. The fraction of sp³-hybridized carbons (Fsp3) is 0.320. The standard InChI is InChI=1S/C25H31N7O2/c1-3-31-12-14-32(15-13-31)17-19-4-5-21(16-18(19)2)29-25(33)28-20-6-8-22(9-7-20)34-23-10-11-27-24(26)30-23/h4-11,16H,3,12-15,17H2,1-2H3,(H2,26,27,30)(H2,28,29,33). The van der Waals surface area contributed by atoms with Crippen molar-refractivity contribution in [2.24, 2.45) is 0 Å². The predicted octanol–water partition coefficient (Wildman–Crippen LogP) is 3.94. The summed E-state index contributed by atoms with van der Waals surface area (Å²) < 4.78 is 5.64. The molecule has 0 unspecified atom stereocenters. The van der Waals surface area contributed by atoms with Crippen molar-refractivity contribution in [1.29, 1.82) is 0 Å². The molecule has 178 valence electrons. The molecule has 2 heterocycles. The molecule has 0 bridgehead atoms. The van der Waals surface area contributed by atoms with Crippen molar-refractivity contribution in [1.82, 2.24) is 19.8 Å². The van der Waals surface area contributed by atoms with Gasteiger partial charge in [0.05, 0.1) is 0 Å². The van der Waals surface area contributed by atoms with Gasteiger partial charge in [0.15, 0.2) is 0 Å². The van der Waals surface area contributed by atoms with E-state index in [1.54, 1.807) is 30.3 Å². The third-order valence-corrected chi connectivity index (χ3v) is 5.89. The van der Waals surface area contributed by atoms with Gasteiger partial charge in [0, 0.05) is 56.4 Å². The van der Waals surface area contributed by atoms with Crippen LogP contribution in [0.1, 0.15) is 18.1 Å². The number of nitrogens with zero attached hydrogens (tertiary/aromatic N) is 4. The minimum atomic E-state index is -0.305. The molecule has 2 aromatic carbocycles. The van der Waals surface area contributed by atoms with Crippen molar-refractivity contribution >= 4 is 23.4 Å². The molecule has 4 rings (SSSR count). The van der Waals surface area contributed by atoms with Gasteiger partial charge < -0.3 is 26.0 Å². The number of nitrogens with two attached hydrogens (primary N) is 1. The minimum absolute atomic E-state index is 0.144. The quantitative estimate of drug-likeness (QED) is 0.489. The Hall–Kier alpha value is -3.69. The van der Waals surface area contributed by atoms with E-state index < -0.39 is 0 Å². The van der Waals surface area contributed by atoms with Gasteiger partial charge in [0.1, 0.15) is 5.75 Å². The Labute approximate surface area is 199 Å². The van der Waals surface area contributed by atoms with Gasteiger partial charge in [0.2, 0.25) is 11.8 Å². The van der Waals surface area contributed by atoms with E-state index in [1.807, 2.05) is 12.1 Å². The van der Waals surface area contributed by atoms with Gasteiger partial charge in [-0.05, 0) is 61.0 Å². The van der Waals surface area contributed by atoms with Crippen molar-refractivity contribution in [3.8, 4) is 11.6 Å². The van der Waals surface area contributed by atoms with Crippen LogP contribution < -0.4 is 21.1 Å². The van der Waals surface area contributed by atoms with Gasteiger partial charge in [-0.2, -0.15) is 4.98 Å². The van der Waals surface area contributed by atoms with Gasteiger partial charge in [0.25, 0.3) is 0 Å². The van der Waals surface area contributed by atoms with Crippen LogP contribution in [0.4, 0.5) is 22.1 Å². The van der Waals surface area contributed by atoms with Crippen LogP contribution in [0.5, 0.6) is 11.6 Å². The average molecular weight is 462 g/mol. The Morgan fingerprint density at radius 2 is 1.68 bits per heavy atom. The number of piperazine rings is 1. The lowest BCUT2D eigenvalue weighted by Gasteiger charge is -2.34. The fourth-order valence-corrected chi connectivity index (χ4v) is 3.89. The third kappa shape index (κ3) is 6.43. The number of nitrogen functional groups attached to an aromatic ring is 1. The highest BCUT2D eigenvalue weighted by molar-refractivity contribution is 5.99. The van der Waals surface area contributed by atoms with E-state index in [0.29, 0.717) is 17.3 Å². The Morgan fingerprint density at radius 3 is 2.35 bits per heavy atom. The maximum Gasteiger partial charge on any atom is 0.323 e. The van der Waals surface area contributed by atoms with E-state index in [1.165, 1.54) is 17.3 Å². The van der Waals surface area contributed by atoms with E-state index in [0.717, 1.165) is 45.0 Å². The van der Waals surface area contributed by atoms with Crippen molar-refractivity contribution in [2.45, 2.75) is 20.4 Å². The lowest BCUT2D eigenvalue weighted by atomic mass is 10.1. The Bertz CT molecular complexity index is 1110. The van der Waals surface area contributed by atoms with Crippen LogP contribution in [0.2, 0.25) is 0 Å². The highest BCUT2D eigenvalue weighted by Gasteiger charge is 2.16. The monoisotopic (exact) mass is 461 g/mol. The van der Waals surface area contributed by atoms with Crippen LogP contribution in [-0.2, 0) is 6.54 Å². The summed E-state index contributed by atoms with van der Waals surface area (Å²) >= 11 is 0. The first-order chi connectivity index (χ1) is 16.5. The van der Waals surface area contributed by atoms with Crippen LogP contribution in [0.3, 0.4) is 0 Å². The van der Waals surface area contributed by atoms with Gasteiger partial charge in [-0.15, -0.1) is 0 Å². The number of carbonyl (C=O) groups excluding carboxylic acids is 1. The first kappa shape index (κ1) is 23.5. The second-order valence-corrected chi connectivity index (χ2v) is 8.31. The minimum Gasteiger partial charge on any atom is -0.439 e.